The molecule has 1 heterocycles. The highest BCUT2D eigenvalue weighted by molar-refractivity contribution is 7.89. The molecule has 0 radical (unpaired) electrons. The number of phenols is 1. The summed E-state index contributed by atoms with van der Waals surface area (Å²) < 4.78 is 43.0. The molecular weight excluding hydrogens is 412 g/mol. The van der Waals surface area contributed by atoms with Crippen molar-refractivity contribution in [1.82, 2.24) is 9.21 Å². The number of rotatable bonds is 7. The van der Waals surface area contributed by atoms with E-state index < -0.39 is 10.0 Å². The zero-order valence-corrected chi connectivity index (χ0v) is 17.6. The van der Waals surface area contributed by atoms with Crippen LogP contribution >= 0.6 is 0 Å². The molecule has 0 saturated carbocycles. The molecule has 9 nitrogen and oxygen atoms in total. The number of carbonyl (C=O) groups is 1. The van der Waals surface area contributed by atoms with Crippen LogP contribution in [0, 0.1) is 0 Å². The number of benzene rings is 2. The van der Waals surface area contributed by atoms with E-state index in [4.69, 9.17) is 14.2 Å². The van der Waals surface area contributed by atoms with Crippen LogP contribution in [-0.4, -0.2) is 75.6 Å². The van der Waals surface area contributed by atoms with Crippen molar-refractivity contribution in [2.75, 3.05) is 47.0 Å². The van der Waals surface area contributed by atoms with E-state index in [2.05, 4.69) is 0 Å². The molecule has 1 fully saturated rings. The van der Waals surface area contributed by atoms with E-state index in [0.29, 0.717) is 17.2 Å². The van der Waals surface area contributed by atoms with Crippen LogP contribution in [0.25, 0.3) is 0 Å². The molecule has 2 aromatic carbocycles. The number of piperazine rings is 1. The third-order valence-corrected chi connectivity index (χ3v) is 6.66. The molecule has 3 rings (SSSR count). The van der Waals surface area contributed by atoms with Crippen LogP contribution < -0.4 is 14.2 Å². The normalized spacial score (nSPS) is 14.9. The fourth-order valence-electron chi connectivity index (χ4n) is 3.11. The van der Waals surface area contributed by atoms with Gasteiger partial charge in [-0.3, -0.25) is 4.79 Å². The molecule has 162 valence electrons. The Morgan fingerprint density at radius 3 is 2.33 bits per heavy atom. The lowest BCUT2D eigenvalue weighted by Gasteiger charge is -2.34. The monoisotopic (exact) mass is 436 g/mol. The van der Waals surface area contributed by atoms with Gasteiger partial charge in [0, 0.05) is 38.3 Å². The van der Waals surface area contributed by atoms with Crippen molar-refractivity contribution in [3.05, 3.63) is 42.5 Å². The van der Waals surface area contributed by atoms with Crippen LogP contribution in [0.1, 0.15) is 0 Å². The SMILES string of the molecule is COc1ccc(S(=O)(=O)N2CCN(C(=O)COc3cccc(O)c3)CC2)cc1OC. The second-order valence-electron chi connectivity index (χ2n) is 6.59. The Bertz CT molecular complexity index is 1000. The van der Waals surface area contributed by atoms with E-state index >= 15 is 0 Å². The maximum absolute atomic E-state index is 13.0. The summed E-state index contributed by atoms with van der Waals surface area (Å²) in [5.74, 6) is 0.962. The summed E-state index contributed by atoms with van der Waals surface area (Å²) in [7, 11) is -0.807. The minimum absolute atomic E-state index is 0.0499. The van der Waals surface area contributed by atoms with E-state index in [1.165, 1.54) is 42.8 Å². The van der Waals surface area contributed by atoms with Crippen LogP contribution in [0.3, 0.4) is 0 Å². The lowest BCUT2D eigenvalue weighted by atomic mass is 10.3. The minimum Gasteiger partial charge on any atom is -0.508 e. The molecule has 10 heteroatoms. The number of nitrogens with zero attached hydrogens (tertiary/aromatic N) is 2. The molecule has 1 amide bonds. The molecule has 1 N–H and O–H groups in total. The summed E-state index contributed by atoms with van der Waals surface area (Å²) in [6.45, 7) is 0.679. The predicted molar refractivity (Wildman–Crippen MR) is 108 cm³/mol. The number of carbonyl (C=O) groups excluding carboxylic acids is 1. The number of ether oxygens (including phenoxy) is 3. The van der Waals surface area contributed by atoms with Crippen LogP contribution in [-0.2, 0) is 14.8 Å². The van der Waals surface area contributed by atoms with E-state index in [1.54, 1.807) is 23.1 Å². The molecule has 1 aliphatic heterocycles. The first-order valence-electron chi connectivity index (χ1n) is 9.27. The van der Waals surface area contributed by atoms with E-state index in [-0.39, 0.29) is 49.3 Å². The van der Waals surface area contributed by atoms with Crippen molar-refractivity contribution in [3.8, 4) is 23.0 Å². The lowest BCUT2D eigenvalue weighted by molar-refractivity contribution is -0.134. The molecule has 0 spiro atoms. The van der Waals surface area contributed by atoms with Gasteiger partial charge in [-0.15, -0.1) is 0 Å². The number of aromatic hydroxyl groups is 1. The Hall–Kier alpha value is -2.98. The number of sulfonamides is 1. The second-order valence-corrected chi connectivity index (χ2v) is 8.53. The Morgan fingerprint density at radius 2 is 1.70 bits per heavy atom. The average molecular weight is 436 g/mol. The van der Waals surface area contributed by atoms with Crippen LogP contribution in [0.2, 0.25) is 0 Å². The van der Waals surface area contributed by atoms with Gasteiger partial charge in [0.2, 0.25) is 10.0 Å². The van der Waals surface area contributed by atoms with Gasteiger partial charge in [-0.05, 0) is 24.3 Å². The molecule has 2 aromatic rings. The van der Waals surface area contributed by atoms with Crippen molar-refractivity contribution in [1.29, 1.82) is 0 Å². The van der Waals surface area contributed by atoms with Crippen LogP contribution in [0.5, 0.6) is 23.0 Å². The molecule has 1 aliphatic rings. The van der Waals surface area contributed by atoms with Crippen LogP contribution in [0.4, 0.5) is 0 Å². The van der Waals surface area contributed by atoms with E-state index in [0.717, 1.165) is 0 Å². The number of amides is 1. The van der Waals surface area contributed by atoms with E-state index in [9.17, 15) is 18.3 Å². The van der Waals surface area contributed by atoms with Gasteiger partial charge in [-0.25, -0.2) is 8.42 Å². The Balaban J connectivity index is 1.59. The fourth-order valence-corrected chi connectivity index (χ4v) is 4.55. The summed E-state index contributed by atoms with van der Waals surface area (Å²) in [6, 6.07) is 10.6. The first kappa shape index (κ1) is 21.7. The molecule has 0 aromatic heterocycles. The number of hydrogen-bond acceptors (Lipinski definition) is 7. The summed E-state index contributed by atoms with van der Waals surface area (Å²) in [5, 5.41) is 9.44. The number of hydrogen-bond donors (Lipinski definition) is 1. The van der Waals surface area contributed by atoms with Gasteiger partial charge in [0.15, 0.2) is 18.1 Å². The minimum atomic E-state index is -3.73. The molecular formula is C20H24N2O7S. The lowest BCUT2D eigenvalue weighted by Crippen LogP contribution is -2.51. The third kappa shape index (κ3) is 4.77. The number of phenolic OH excluding ortho intramolecular Hbond substituents is 1. The van der Waals surface area contributed by atoms with Crippen molar-refractivity contribution in [2.45, 2.75) is 4.90 Å². The summed E-state index contributed by atoms with van der Waals surface area (Å²) in [5.41, 5.74) is 0. The Morgan fingerprint density at radius 1 is 1.00 bits per heavy atom. The van der Waals surface area contributed by atoms with Crippen molar-refractivity contribution in [2.24, 2.45) is 0 Å². The standard InChI is InChI=1S/C20H24N2O7S/c1-27-18-7-6-17(13-19(18)28-2)30(25,26)22-10-8-21(9-11-22)20(24)14-29-16-5-3-4-15(23)12-16/h3-7,12-13,23H,8-11,14H2,1-2H3. The zero-order chi connectivity index (χ0) is 21.7. The van der Waals surface area contributed by atoms with Gasteiger partial charge in [-0.1, -0.05) is 6.07 Å². The molecule has 30 heavy (non-hydrogen) atoms. The highest BCUT2D eigenvalue weighted by atomic mass is 32.2. The van der Waals surface area contributed by atoms with Crippen molar-refractivity contribution >= 4 is 15.9 Å². The molecule has 0 unspecified atom stereocenters. The quantitative estimate of drug-likeness (QED) is 0.698. The summed E-state index contributed by atoms with van der Waals surface area (Å²) in [6.07, 6.45) is 0. The first-order chi connectivity index (χ1) is 14.3. The second kappa shape index (κ2) is 9.23. The highest BCUT2D eigenvalue weighted by Gasteiger charge is 2.30. The fraction of sp³-hybridized carbons (Fsp3) is 0.350. The topological polar surface area (TPSA) is 106 Å². The maximum atomic E-state index is 13.0. The maximum Gasteiger partial charge on any atom is 0.260 e. The molecule has 1 saturated heterocycles. The summed E-state index contributed by atoms with van der Waals surface area (Å²) >= 11 is 0. The van der Waals surface area contributed by atoms with Gasteiger partial charge in [0.05, 0.1) is 19.1 Å². The highest BCUT2D eigenvalue weighted by Crippen LogP contribution is 2.31. The van der Waals surface area contributed by atoms with Gasteiger partial charge in [0.1, 0.15) is 11.5 Å². The molecule has 0 atom stereocenters. The largest absolute Gasteiger partial charge is 0.508 e. The average Bonchev–Trinajstić information content (AvgIpc) is 2.77. The van der Waals surface area contributed by atoms with Gasteiger partial charge in [-0.2, -0.15) is 4.31 Å². The smallest absolute Gasteiger partial charge is 0.260 e. The zero-order valence-electron chi connectivity index (χ0n) is 16.8. The third-order valence-electron chi connectivity index (χ3n) is 4.76. The predicted octanol–water partition coefficient (Wildman–Crippen LogP) is 1.32. The van der Waals surface area contributed by atoms with Gasteiger partial charge in [0.25, 0.3) is 5.91 Å². The molecule has 0 bridgehead atoms. The van der Waals surface area contributed by atoms with Gasteiger partial charge >= 0.3 is 0 Å². The Labute approximate surface area is 175 Å². The van der Waals surface area contributed by atoms with Crippen molar-refractivity contribution in [3.63, 3.8) is 0 Å². The molecule has 0 aliphatic carbocycles. The number of methoxy groups -OCH3 is 2. The first-order valence-corrected chi connectivity index (χ1v) is 10.7. The Kier molecular flexibility index (Phi) is 6.68. The van der Waals surface area contributed by atoms with Crippen LogP contribution in [0.15, 0.2) is 47.4 Å². The van der Waals surface area contributed by atoms with Crippen molar-refractivity contribution < 1.29 is 32.5 Å². The summed E-state index contributed by atoms with van der Waals surface area (Å²) in [4.78, 5) is 14.0. The van der Waals surface area contributed by atoms with Gasteiger partial charge < -0.3 is 24.2 Å². The van der Waals surface area contributed by atoms with E-state index in [1.807, 2.05) is 0 Å².